The van der Waals surface area contributed by atoms with Crippen LogP contribution in [-0.2, 0) is 11.2 Å². The lowest BCUT2D eigenvalue weighted by Gasteiger charge is -2.39. The molecule has 0 unspecified atom stereocenters. The topological polar surface area (TPSA) is 108 Å². The van der Waals surface area contributed by atoms with Gasteiger partial charge in [0.15, 0.2) is 0 Å². The number of nitrogens with zero attached hydrogens (tertiary/aromatic N) is 1. The molecule has 0 aromatic heterocycles. The second-order valence-corrected chi connectivity index (χ2v) is 7.38. The maximum Gasteiger partial charge on any atom is 0.522 e. The van der Waals surface area contributed by atoms with Gasteiger partial charge in [0.2, 0.25) is 5.91 Å². The largest absolute Gasteiger partial charge is 0.535 e. The van der Waals surface area contributed by atoms with Crippen molar-refractivity contribution in [3.63, 3.8) is 0 Å². The van der Waals surface area contributed by atoms with Crippen LogP contribution in [0.2, 0.25) is 6.32 Å². The Morgan fingerprint density at radius 3 is 2.89 bits per heavy atom. The zero-order valence-corrected chi connectivity index (χ0v) is 15.0. The van der Waals surface area contributed by atoms with Gasteiger partial charge in [-0.1, -0.05) is 6.07 Å². The van der Waals surface area contributed by atoms with E-state index >= 15 is 0 Å². The van der Waals surface area contributed by atoms with Gasteiger partial charge in [0, 0.05) is 12.5 Å². The molecule has 144 valence electrons. The number of ether oxygens (including phenoxy) is 1. The first-order chi connectivity index (χ1) is 13.0. The number of aryl methyl sites for hydroxylation is 1. The van der Waals surface area contributed by atoms with Crippen molar-refractivity contribution in [2.24, 2.45) is 0 Å². The fourth-order valence-corrected chi connectivity index (χ4v) is 3.88. The monoisotopic (exact) mass is 374 g/mol. The van der Waals surface area contributed by atoms with E-state index < -0.39 is 13.1 Å². The van der Waals surface area contributed by atoms with Crippen molar-refractivity contribution in [2.75, 3.05) is 19.6 Å². The van der Waals surface area contributed by atoms with E-state index in [0.717, 1.165) is 24.9 Å². The second-order valence-electron chi connectivity index (χ2n) is 7.38. The number of benzene rings is 1. The van der Waals surface area contributed by atoms with Gasteiger partial charge in [-0.25, -0.2) is 4.79 Å². The van der Waals surface area contributed by atoms with Crippen LogP contribution in [0.4, 0.5) is 0 Å². The van der Waals surface area contributed by atoms with Crippen LogP contribution in [0.15, 0.2) is 12.1 Å². The molecule has 1 atom stereocenters. The molecule has 0 aliphatic carbocycles. The Bertz CT molecular complexity index is 746. The normalized spacial score (nSPS) is 22.0. The lowest BCUT2D eigenvalue weighted by atomic mass is 9.78. The molecule has 2 fully saturated rings. The number of aromatic carboxylic acids is 1. The van der Waals surface area contributed by atoms with E-state index in [-0.39, 0.29) is 35.1 Å². The van der Waals surface area contributed by atoms with Crippen LogP contribution >= 0.6 is 0 Å². The van der Waals surface area contributed by atoms with E-state index in [1.807, 2.05) is 0 Å². The third-order valence-corrected chi connectivity index (χ3v) is 5.41. The van der Waals surface area contributed by atoms with E-state index in [2.05, 4.69) is 5.32 Å². The molecule has 3 aliphatic heterocycles. The number of carbonyl (C=O) groups excluding carboxylic acids is 1. The predicted octanol–water partition coefficient (Wildman–Crippen LogP) is 0.532. The summed E-state index contributed by atoms with van der Waals surface area (Å²) in [6, 6.07) is 3.67. The van der Waals surface area contributed by atoms with E-state index in [4.69, 9.17) is 9.39 Å². The molecule has 3 heterocycles. The molecule has 1 aromatic rings. The number of rotatable bonds is 5. The van der Waals surface area contributed by atoms with Crippen LogP contribution in [0.5, 0.6) is 11.5 Å². The number of fused-ring (bicyclic) bond motifs is 1. The molecule has 9 heteroatoms. The number of hydrogen-bond acceptors (Lipinski definition) is 6. The van der Waals surface area contributed by atoms with Crippen LogP contribution in [0.25, 0.3) is 0 Å². The first-order valence-corrected chi connectivity index (χ1v) is 9.43. The number of likely N-dealkylation sites (tertiary alicyclic amines) is 1. The van der Waals surface area contributed by atoms with Gasteiger partial charge in [-0.2, -0.15) is 0 Å². The average Bonchev–Trinajstić information content (AvgIpc) is 3.09. The van der Waals surface area contributed by atoms with Crippen molar-refractivity contribution in [3.8, 4) is 11.5 Å². The van der Waals surface area contributed by atoms with E-state index in [1.54, 1.807) is 17.0 Å². The van der Waals surface area contributed by atoms with Crippen LogP contribution in [0, 0.1) is 0 Å². The molecule has 2 saturated heterocycles. The Morgan fingerprint density at radius 1 is 1.37 bits per heavy atom. The average molecular weight is 374 g/mol. The number of carboxylic acids is 1. The fourth-order valence-electron chi connectivity index (χ4n) is 3.88. The molecule has 0 spiro atoms. The Labute approximate surface area is 157 Å². The van der Waals surface area contributed by atoms with Gasteiger partial charge in [0.25, 0.3) is 0 Å². The molecule has 1 aromatic carbocycles. The maximum absolute atomic E-state index is 12.3. The first-order valence-electron chi connectivity index (χ1n) is 9.43. The number of amides is 1. The summed E-state index contributed by atoms with van der Waals surface area (Å²) in [6.07, 6.45) is 3.38. The Kier molecular flexibility index (Phi) is 4.97. The summed E-state index contributed by atoms with van der Waals surface area (Å²) in [5, 5.41) is 22.6. The number of hydrogen-bond donors (Lipinski definition) is 3. The molecular weight excluding hydrogens is 351 g/mol. The number of nitrogens with one attached hydrogen (secondary N) is 1. The molecule has 0 bridgehead atoms. The minimum atomic E-state index is -1.16. The molecule has 27 heavy (non-hydrogen) atoms. The molecule has 3 N–H and O–H groups in total. The summed E-state index contributed by atoms with van der Waals surface area (Å²) in [7, 11) is -1.01. The van der Waals surface area contributed by atoms with Gasteiger partial charge in [-0.3, -0.25) is 4.79 Å². The summed E-state index contributed by atoms with van der Waals surface area (Å²) >= 11 is 0. The first kappa shape index (κ1) is 18.1. The number of carbonyl (C=O) groups is 2. The van der Waals surface area contributed by atoms with Gasteiger partial charge in [0.1, 0.15) is 23.2 Å². The van der Waals surface area contributed by atoms with Crippen LogP contribution < -0.4 is 14.7 Å². The minimum Gasteiger partial charge on any atom is -0.535 e. The Hall–Kier alpha value is -2.26. The van der Waals surface area contributed by atoms with Crippen LogP contribution in [0.1, 0.15) is 35.2 Å². The maximum atomic E-state index is 12.3. The van der Waals surface area contributed by atoms with Crippen molar-refractivity contribution in [1.29, 1.82) is 0 Å². The van der Waals surface area contributed by atoms with Crippen molar-refractivity contribution in [1.82, 2.24) is 10.2 Å². The van der Waals surface area contributed by atoms with Gasteiger partial charge < -0.3 is 29.7 Å². The standard InChI is InChI=1S/C18H23BN2O6/c22-15(8-12-2-1-7-20-12)21-9-13(10-21)26-14-4-3-11-5-6-19(25)27-17(11)16(14)18(23)24/h3-4,12-13,20,25H,1-2,5-10H2,(H,23,24)/t12-/m1/s1. The molecular formula is C18H23BN2O6. The lowest BCUT2D eigenvalue weighted by molar-refractivity contribution is -0.140. The molecule has 8 nitrogen and oxygen atoms in total. The smallest absolute Gasteiger partial charge is 0.522 e. The molecule has 3 aliphatic rings. The van der Waals surface area contributed by atoms with Crippen LogP contribution in [-0.4, -0.2) is 65.8 Å². The highest BCUT2D eigenvalue weighted by Gasteiger charge is 2.36. The highest BCUT2D eigenvalue weighted by Crippen LogP contribution is 2.37. The summed E-state index contributed by atoms with van der Waals surface area (Å²) in [5.74, 6) is -0.664. The molecule has 4 rings (SSSR count). The third-order valence-electron chi connectivity index (χ3n) is 5.41. The van der Waals surface area contributed by atoms with Gasteiger partial charge in [-0.15, -0.1) is 0 Å². The zero-order chi connectivity index (χ0) is 19.0. The molecule has 0 radical (unpaired) electrons. The van der Waals surface area contributed by atoms with Crippen molar-refractivity contribution in [2.45, 2.75) is 44.1 Å². The van der Waals surface area contributed by atoms with Crippen molar-refractivity contribution in [3.05, 3.63) is 23.3 Å². The Balaban J connectivity index is 1.40. The fraction of sp³-hybridized carbons (Fsp3) is 0.556. The van der Waals surface area contributed by atoms with E-state index in [1.165, 1.54) is 0 Å². The third kappa shape index (κ3) is 3.75. The summed E-state index contributed by atoms with van der Waals surface area (Å²) in [6.45, 7) is 1.87. The SMILES string of the molecule is O=C(O)c1c(OC2CN(C(=O)C[C@H]3CCCN3)C2)ccc2c1OB(O)CC2. The van der Waals surface area contributed by atoms with E-state index in [9.17, 15) is 19.7 Å². The highest BCUT2D eigenvalue weighted by molar-refractivity contribution is 6.44. The lowest BCUT2D eigenvalue weighted by Crippen LogP contribution is -2.57. The Morgan fingerprint density at radius 2 is 2.19 bits per heavy atom. The van der Waals surface area contributed by atoms with E-state index in [0.29, 0.717) is 32.3 Å². The summed E-state index contributed by atoms with van der Waals surface area (Å²) in [4.78, 5) is 25.8. The van der Waals surface area contributed by atoms with Crippen molar-refractivity contribution >= 4 is 19.0 Å². The zero-order valence-electron chi connectivity index (χ0n) is 15.0. The highest BCUT2D eigenvalue weighted by atomic mass is 16.5. The van der Waals surface area contributed by atoms with Gasteiger partial charge >= 0.3 is 13.1 Å². The quantitative estimate of drug-likeness (QED) is 0.646. The second kappa shape index (κ2) is 7.40. The van der Waals surface area contributed by atoms with Gasteiger partial charge in [-0.05, 0) is 43.8 Å². The number of carboxylic acid groups (broad SMARTS) is 1. The van der Waals surface area contributed by atoms with Gasteiger partial charge in [0.05, 0.1) is 13.1 Å². The predicted molar refractivity (Wildman–Crippen MR) is 97.2 cm³/mol. The van der Waals surface area contributed by atoms with Crippen molar-refractivity contribution < 1.29 is 29.1 Å². The summed E-state index contributed by atoms with van der Waals surface area (Å²) in [5.41, 5.74) is 0.686. The van der Waals surface area contributed by atoms with Crippen LogP contribution in [0.3, 0.4) is 0 Å². The summed E-state index contributed by atoms with van der Waals surface area (Å²) < 4.78 is 11.2. The molecule has 1 amide bonds. The molecule has 0 saturated carbocycles. The minimum absolute atomic E-state index is 0.0637.